The van der Waals surface area contributed by atoms with Gasteiger partial charge < -0.3 is 5.73 Å². The van der Waals surface area contributed by atoms with E-state index >= 15 is 0 Å². The molecule has 2 aromatic rings. The van der Waals surface area contributed by atoms with Crippen LogP contribution in [0, 0.1) is 0 Å². The molecule has 0 aliphatic heterocycles. The van der Waals surface area contributed by atoms with E-state index in [1.165, 1.54) is 0 Å². The van der Waals surface area contributed by atoms with Crippen LogP contribution in [0.25, 0.3) is 0 Å². The minimum atomic E-state index is 0.0669. The molecule has 0 aliphatic carbocycles. The van der Waals surface area contributed by atoms with Crippen molar-refractivity contribution in [3.63, 3.8) is 0 Å². The molecule has 0 saturated carbocycles. The first-order chi connectivity index (χ1) is 9.81. The second-order valence-electron chi connectivity index (χ2n) is 6.21. The van der Waals surface area contributed by atoms with Gasteiger partial charge in [0.1, 0.15) is 0 Å². The predicted molar refractivity (Wildman–Crippen MR) is 92.8 cm³/mol. The van der Waals surface area contributed by atoms with E-state index in [9.17, 15) is 0 Å². The van der Waals surface area contributed by atoms with E-state index in [0.717, 1.165) is 22.7 Å². The zero-order valence-corrected chi connectivity index (χ0v) is 14.8. The quantitative estimate of drug-likeness (QED) is 0.845. The van der Waals surface area contributed by atoms with Crippen LogP contribution in [0.5, 0.6) is 0 Å². The third-order valence-corrected chi connectivity index (χ3v) is 5.14. The first-order valence-corrected chi connectivity index (χ1v) is 8.54. The fourth-order valence-electron chi connectivity index (χ4n) is 2.04. The Labute approximate surface area is 140 Å². The molecule has 21 heavy (non-hydrogen) atoms. The zero-order chi connectivity index (χ0) is 15.6. The van der Waals surface area contributed by atoms with E-state index in [4.69, 9.17) is 33.9 Å². The number of aromatic nitrogens is 1. The maximum absolute atomic E-state index is 6.07. The van der Waals surface area contributed by atoms with Crippen LogP contribution in [0.3, 0.4) is 0 Å². The van der Waals surface area contributed by atoms with Gasteiger partial charge in [0.15, 0.2) is 0 Å². The summed E-state index contributed by atoms with van der Waals surface area (Å²) in [4.78, 5) is 4.77. The molecule has 2 N–H and O–H groups in total. The van der Waals surface area contributed by atoms with Gasteiger partial charge in [-0.3, -0.25) is 0 Å². The van der Waals surface area contributed by atoms with E-state index < -0.39 is 0 Å². The van der Waals surface area contributed by atoms with Crippen LogP contribution < -0.4 is 5.73 Å². The van der Waals surface area contributed by atoms with Crippen LogP contribution in [-0.2, 0) is 11.8 Å². The molecule has 1 heterocycles. The first-order valence-electron chi connectivity index (χ1n) is 6.91. The van der Waals surface area contributed by atoms with E-state index in [1.807, 2.05) is 18.2 Å². The van der Waals surface area contributed by atoms with Gasteiger partial charge in [-0.25, -0.2) is 4.98 Å². The Morgan fingerprint density at radius 3 is 2.48 bits per heavy atom. The molecule has 0 amide bonds. The van der Waals surface area contributed by atoms with Crippen LogP contribution in [-0.4, -0.2) is 11.5 Å². The SMILES string of the molecule is CC(C)(C)c1csc(C(CN)Cc2ccc(Cl)c(Cl)c2)n1. The van der Waals surface area contributed by atoms with Crippen molar-refractivity contribution in [2.45, 2.75) is 38.5 Å². The number of hydrogen-bond acceptors (Lipinski definition) is 3. The van der Waals surface area contributed by atoms with Crippen molar-refractivity contribution in [1.82, 2.24) is 4.98 Å². The Balaban J connectivity index is 2.19. The normalized spacial score (nSPS) is 13.4. The lowest BCUT2D eigenvalue weighted by Gasteiger charge is -2.16. The topological polar surface area (TPSA) is 38.9 Å². The molecular formula is C16H20Cl2N2S. The standard InChI is InChI=1S/C16H20Cl2N2S/c1-16(2,3)14-9-21-15(20-14)11(8-19)6-10-4-5-12(17)13(18)7-10/h4-5,7,9,11H,6,8,19H2,1-3H3. The fraction of sp³-hybridized carbons (Fsp3) is 0.438. The molecule has 1 aromatic heterocycles. The molecular weight excluding hydrogens is 323 g/mol. The van der Waals surface area contributed by atoms with Gasteiger partial charge in [-0.2, -0.15) is 0 Å². The second-order valence-corrected chi connectivity index (χ2v) is 7.91. The summed E-state index contributed by atoms with van der Waals surface area (Å²) in [5.41, 5.74) is 8.27. The molecule has 2 nitrogen and oxygen atoms in total. The van der Waals surface area contributed by atoms with Crippen molar-refractivity contribution in [2.75, 3.05) is 6.54 Å². The molecule has 1 aromatic carbocycles. The van der Waals surface area contributed by atoms with Gasteiger partial charge >= 0.3 is 0 Å². The van der Waals surface area contributed by atoms with Gasteiger partial charge in [0, 0.05) is 23.3 Å². The van der Waals surface area contributed by atoms with Gasteiger partial charge in [-0.05, 0) is 24.1 Å². The van der Waals surface area contributed by atoms with E-state index in [1.54, 1.807) is 11.3 Å². The minimum absolute atomic E-state index is 0.0669. The Kier molecular flexibility index (Phi) is 5.31. The number of rotatable bonds is 4. The maximum Gasteiger partial charge on any atom is 0.0975 e. The monoisotopic (exact) mass is 342 g/mol. The first kappa shape index (κ1) is 16.8. The number of nitrogens with zero attached hydrogens (tertiary/aromatic N) is 1. The average Bonchev–Trinajstić information content (AvgIpc) is 2.89. The van der Waals surface area contributed by atoms with Crippen molar-refractivity contribution in [2.24, 2.45) is 5.73 Å². The highest BCUT2D eigenvalue weighted by atomic mass is 35.5. The number of thiazole rings is 1. The summed E-state index contributed by atoms with van der Waals surface area (Å²) in [6.45, 7) is 7.07. The molecule has 114 valence electrons. The van der Waals surface area contributed by atoms with E-state index in [0.29, 0.717) is 16.6 Å². The molecule has 5 heteroatoms. The van der Waals surface area contributed by atoms with Gasteiger partial charge in [0.25, 0.3) is 0 Å². The maximum atomic E-state index is 6.07. The largest absolute Gasteiger partial charge is 0.330 e. The highest BCUT2D eigenvalue weighted by molar-refractivity contribution is 7.09. The molecule has 1 atom stereocenters. The molecule has 0 fully saturated rings. The Morgan fingerprint density at radius 2 is 1.95 bits per heavy atom. The highest BCUT2D eigenvalue weighted by Gasteiger charge is 2.21. The minimum Gasteiger partial charge on any atom is -0.330 e. The average molecular weight is 343 g/mol. The van der Waals surface area contributed by atoms with Crippen molar-refractivity contribution in [1.29, 1.82) is 0 Å². The summed E-state index contributed by atoms with van der Waals surface area (Å²) < 4.78 is 0. The van der Waals surface area contributed by atoms with Crippen molar-refractivity contribution in [3.05, 3.63) is 49.9 Å². The molecule has 0 spiro atoms. The van der Waals surface area contributed by atoms with E-state index in [-0.39, 0.29) is 11.3 Å². The molecule has 1 unspecified atom stereocenters. The summed E-state index contributed by atoms with van der Waals surface area (Å²) in [6.07, 6.45) is 0.824. The van der Waals surface area contributed by atoms with Crippen LogP contribution in [0.4, 0.5) is 0 Å². The predicted octanol–water partition coefficient (Wildman–Crippen LogP) is 5.03. The molecule has 0 bridgehead atoms. The van der Waals surface area contributed by atoms with Crippen molar-refractivity contribution < 1.29 is 0 Å². The molecule has 2 rings (SSSR count). The van der Waals surface area contributed by atoms with Crippen LogP contribution in [0.15, 0.2) is 23.6 Å². The number of nitrogens with two attached hydrogens (primary N) is 1. The van der Waals surface area contributed by atoms with Gasteiger partial charge in [0.05, 0.1) is 20.7 Å². The van der Waals surface area contributed by atoms with Crippen LogP contribution in [0.1, 0.15) is 43.0 Å². The summed E-state index contributed by atoms with van der Waals surface area (Å²) >= 11 is 13.7. The van der Waals surface area contributed by atoms with Crippen LogP contribution >= 0.6 is 34.5 Å². The number of halogens is 2. The lowest BCUT2D eigenvalue weighted by Crippen LogP contribution is -2.16. The Morgan fingerprint density at radius 1 is 1.24 bits per heavy atom. The second kappa shape index (κ2) is 6.66. The zero-order valence-electron chi connectivity index (χ0n) is 12.5. The summed E-state index contributed by atoms with van der Waals surface area (Å²) in [5.74, 6) is 0.211. The molecule has 0 radical (unpaired) electrons. The molecule has 0 saturated heterocycles. The lowest BCUT2D eigenvalue weighted by atomic mass is 9.93. The summed E-state index contributed by atoms with van der Waals surface area (Å²) in [7, 11) is 0. The summed E-state index contributed by atoms with van der Waals surface area (Å²) in [6, 6.07) is 5.73. The van der Waals surface area contributed by atoms with Gasteiger partial charge in [-0.15, -0.1) is 11.3 Å². The summed E-state index contributed by atoms with van der Waals surface area (Å²) in [5, 5.41) is 4.38. The number of hydrogen-bond donors (Lipinski definition) is 1. The highest BCUT2D eigenvalue weighted by Crippen LogP contribution is 2.30. The third-order valence-electron chi connectivity index (χ3n) is 3.39. The van der Waals surface area contributed by atoms with Gasteiger partial charge in [-0.1, -0.05) is 50.0 Å². The third kappa shape index (κ3) is 4.19. The van der Waals surface area contributed by atoms with E-state index in [2.05, 4.69) is 26.2 Å². The van der Waals surface area contributed by atoms with Gasteiger partial charge in [0.2, 0.25) is 0 Å². The van der Waals surface area contributed by atoms with Crippen LogP contribution in [0.2, 0.25) is 10.0 Å². The van der Waals surface area contributed by atoms with Crippen molar-refractivity contribution >= 4 is 34.5 Å². The number of benzene rings is 1. The smallest absolute Gasteiger partial charge is 0.0975 e. The Bertz CT molecular complexity index is 617. The lowest BCUT2D eigenvalue weighted by molar-refractivity contribution is 0.566. The fourth-order valence-corrected chi connectivity index (χ4v) is 3.52. The van der Waals surface area contributed by atoms with Crippen molar-refractivity contribution in [3.8, 4) is 0 Å². The molecule has 0 aliphatic rings. The Hall–Kier alpha value is -0.610.